The fourth-order valence-electron chi connectivity index (χ4n) is 5.67. The van der Waals surface area contributed by atoms with Crippen LogP contribution in [0.15, 0.2) is 91.0 Å². The van der Waals surface area contributed by atoms with Crippen molar-refractivity contribution in [2.45, 2.75) is 38.7 Å². The molecule has 0 fully saturated rings. The van der Waals surface area contributed by atoms with Crippen LogP contribution in [0.2, 0.25) is 0 Å². The van der Waals surface area contributed by atoms with Gasteiger partial charge in [-0.05, 0) is 78.8 Å². The second-order valence-electron chi connectivity index (χ2n) is 10.9. The number of carbonyl (C=O) groups excluding carboxylic acids is 2. The summed E-state index contributed by atoms with van der Waals surface area (Å²) < 4.78 is 11.9. The highest BCUT2D eigenvalue weighted by atomic mass is 16.5. The molecule has 1 amide bonds. The summed E-state index contributed by atoms with van der Waals surface area (Å²) in [5, 5.41) is 4.05. The molecule has 0 radical (unpaired) electrons. The van der Waals surface area contributed by atoms with Gasteiger partial charge in [-0.1, -0.05) is 48.5 Å². The number of amides is 1. The standard InChI is InChI=1S/C36H35N3O4/c37-31-20-26(14-17-35(31)43-23-24-8-2-1-3-9-24)34(40)22-38-36(41)28-11-5-4-10-25(28)18-19-42-27-15-16-30-29-12-6-7-13-32(29)39-33(30)21-27/h1-5,8-11,14-17,20-21,39H,6-7,12-13,18-19,22-23,37H2,(H,38,41). The first-order valence-electron chi connectivity index (χ1n) is 14.8. The molecule has 1 heterocycles. The lowest BCUT2D eigenvalue weighted by atomic mass is 9.96. The Morgan fingerprint density at radius 3 is 2.53 bits per heavy atom. The van der Waals surface area contributed by atoms with E-state index in [1.807, 2.05) is 54.6 Å². The Morgan fingerprint density at radius 2 is 1.67 bits per heavy atom. The highest BCUT2D eigenvalue weighted by Crippen LogP contribution is 2.31. The molecule has 7 nitrogen and oxygen atoms in total. The maximum Gasteiger partial charge on any atom is 0.251 e. The van der Waals surface area contributed by atoms with Crippen LogP contribution in [0.4, 0.5) is 5.69 Å². The molecule has 0 saturated heterocycles. The zero-order valence-corrected chi connectivity index (χ0v) is 24.0. The smallest absolute Gasteiger partial charge is 0.251 e. The molecule has 0 spiro atoms. The van der Waals surface area contributed by atoms with E-state index >= 15 is 0 Å². The Hall–Kier alpha value is -5.04. The van der Waals surface area contributed by atoms with Crippen LogP contribution in [-0.4, -0.2) is 29.8 Å². The molecule has 0 unspecified atom stereocenters. The minimum Gasteiger partial charge on any atom is -0.493 e. The summed E-state index contributed by atoms with van der Waals surface area (Å²) in [7, 11) is 0. The highest BCUT2D eigenvalue weighted by Gasteiger charge is 2.17. The molecule has 43 heavy (non-hydrogen) atoms. The summed E-state index contributed by atoms with van der Waals surface area (Å²) in [6, 6.07) is 28.3. The summed E-state index contributed by atoms with van der Waals surface area (Å²) in [6.45, 7) is 0.656. The van der Waals surface area contributed by atoms with Crippen LogP contribution < -0.4 is 20.5 Å². The van der Waals surface area contributed by atoms with Crippen molar-refractivity contribution < 1.29 is 19.1 Å². The molecule has 0 bridgehead atoms. The van der Waals surface area contributed by atoms with Gasteiger partial charge in [-0.2, -0.15) is 0 Å². The molecule has 0 saturated carbocycles. The van der Waals surface area contributed by atoms with Crippen molar-refractivity contribution in [1.29, 1.82) is 0 Å². The van der Waals surface area contributed by atoms with Crippen molar-refractivity contribution in [3.05, 3.63) is 125 Å². The van der Waals surface area contributed by atoms with Crippen molar-refractivity contribution >= 4 is 28.3 Å². The van der Waals surface area contributed by atoms with Gasteiger partial charge in [0.15, 0.2) is 5.78 Å². The summed E-state index contributed by atoms with van der Waals surface area (Å²) in [6.07, 6.45) is 5.26. The van der Waals surface area contributed by atoms with Crippen LogP contribution in [0.3, 0.4) is 0 Å². The van der Waals surface area contributed by atoms with Crippen LogP contribution in [0.25, 0.3) is 10.9 Å². The molecule has 1 aliphatic carbocycles. The van der Waals surface area contributed by atoms with E-state index in [4.69, 9.17) is 15.2 Å². The lowest BCUT2D eigenvalue weighted by Gasteiger charge is -2.12. The van der Waals surface area contributed by atoms with Crippen molar-refractivity contribution in [3.63, 3.8) is 0 Å². The third-order valence-electron chi connectivity index (χ3n) is 7.95. The van der Waals surface area contributed by atoms with Crippen LogP contribution >= 0.6 is 0 Å². The average Bonchev–Trinajstić information content (AvgIpc) is 3.41. The zero-order valence-electron chi connectivity index (χ0n) is 24.0. The van der Waals surface area contributed by atoms with Gasteiger partial charge in [-0.3, -0.25) is 9.59 Å². The van der Waals surface area contributed by atoms with Gasteiger partial charge >= 0.3 is 0 Å². The van der Waals surface area contributed by atoms with Crippen molar-refractivity contribution in [2.75, 3.05) is 18.9 Å². The number of fused-ring (bicyclic) bond motifs is 3. The average molecular weight is 574 g/mol. The molecular weight excluding hydrogens is 538 g/mol. The van der Waals surface area contributed by atoms with Crippen LogP contribution in [0.1, 0.15) is 55.9 Å². The number of anilines is 1. The third kappa shape index (κ3) is 6.56. The first-order chi connectivity index (χ1) is 21.0. The van der Waals surface area contributed by atoms with Crippen molar-refractivity contribution in [1.82, 2.24) is 10.3 Å². The van der Waals surface area contributed by atoms with Crippen LogP contribution in [-0.2, 0) is 25.9 Å². The minimum atomic E-state index is -0.307. The van der Waals surface area contributed by atoms with E-state index < -0.39 is 0 Å². The molecule has 0 aliphatic heterocycles. The molecule has 218 valence electrons. The number of ketones is 1. The molecule has 7 heteroatoms. The molecule has 4 aromatic carbocycles. The second-order valence-corrected chi connectivity index (χ2v) is 10.9. The van der Waals surface area contributed by atoms with Gasteiger partial charge in [0.2, 0.25) is 0 Å². The van der Waals surface area contributed by atoms with E-state index in [2.05, 4.69) is 22.4 Å². The van der Waals surface area contributed by atoms with Gasteiger partial charge < -0.3 is 25.5 Å². The summed E-state index contributed by atoms with van der Waals surface area (Å²) in [5.74, 6) is 0.761. The van der Waals surface area contributed by atoms with Crippen molar-refractivity contribution in [2.24, 2.45) is 0 Å². The number of benzene rings is 4. The normalized spacial score (nSPS) is 12.5. The molecule has 6 rings (SSSR count). The number of carbonyl (C=O) groups is 2. The van der Waals surface area contributed by atoms with Gasteiger partial charge in [0.1, 0.15) is 18.1 Å². The third-order valence-corrected chi connectivity index (χ3v) is 7.95. The van der Waals surface area contributed by atoms with Gasteiger partial charge in [0.25, 0.3) is 5.91 Å². The summed E-state index contributed by atoms with van der Waals surface area (Å²) in [5.41, 5.74) is 13.2. The number of aromatic amines is 1. The number of rotatable bonds is 11. The van der Waals surface area contributed by atoms with Crippen LogP contribution in [0, 0.1) is 0 Å². The topological polar surface area (TPSA) is 106 Å². The van der Waals surface area contributed by atoms with Gasteiger partial charge in [0.05, 0.1) is 18.8 Å². The second kappa shape index (κ2) is 12.9. The number of nitrogens with two attached hydrogens (primary N) is 1. The minimum absolute atomic E-state index is 0.145. The first-order valence-corrected chi connectivity index (χ1v) is 14.8. The maximum absolute atomic E-state index is 13.1. The predicted octanol–water partition coefficient (Wildman–Crippen LogP) is 6.44. The van der Waals surface area contributed by atoms with E-state index in [1.165, 1.54) is 29.5 Å². The fourth-order valence-corrected chi connectivity index (χ4v) is 5.67. The number of H-pyrrole nitrogens is 1. The molecule has 4 N–H and O–H groups in total. The molecule has 5 aromatic rings. The van der Waals surface area contributed by atoms with E-state index in [1.54, 1.807) is 24.3 Å². The number of nitrogen functional groups attached to an aromatic ring is 1. The Morgan fingerprint density at radius 1 is 0.860 bits per heavy atom. The fraction of sp³-hybridized carbons (Fsp3) is 0.222. The number of aromatic nitrogens is 1. The number of hydrogen-bond acceptors (Lipinski definition) is 5. The van der Waals surface area contributed by atoms with Gasteiger partial charge in [-0.25, -0.2) is 0 Å². The van der Waals surface area contributed by atoms with E-state index in [0.717, 1.165) is 35.2 Å². The van der Waals surface area contributed by atoms with E-state index in [9.17, 15) is 9.59 Å². The number of ether oxygens (including phenoxy) is 2. The maximum atomic E-state index is 13.1. The lowest BCUT2D eigenvalue weighted by molar-refractivity contribution is 0.0903. The Balaban J connectivity index is 1.02. The first kappa shape index (κ1) is 28.1. The molecule has 1 aromatic heterocycles. The number of nitrogens with one attached hydrogen (secondary N) is 2. The molecule has 1 aliphatic rings. The monoisotopic (exact) mass is 573 g/mol. The Kier molecular flexibility index (Phi) is 8.40. The quantitative estimate of drug-likeness (QED) is 0.125. The van der Waals surface area contributed by atoms with Crippen molar-refractivity contribution in [3.8, 4) is 11.5 Å². The van der Waals surface area contributed by atoms with E-state index in [-0.39, 0.29) is 18.2 Å². The largest absolute Gasteiger partial charge is 0.493 e. The highest BCUT2D eigenvalue weighted by molar-refractivity contribution is 6.03. The number of aryl methyl sites for hydroxylation is 2. The molecule has 0 atom stereocenters. The number of hydrogen-bond donors (Lipinski definition) is 3. The van der Waals surface area contributed by atoms with E-state index in [0.29, 0.717) is 42.2 Å². The lowest BCUT2D eigenvalue weighted by Crippen LogP contribution is -2.30. The van der Waals surface area contributed by atoms with Crippen LogP contribution in [0.5, 0.6) is 11.5 Å². The van der Waals surface area contributed by atoms with Gasteiger partial charge in [0, 0.05) is 40.2 Å². The summed E-state index contributed by atoms with van der Waals surface area (Å²) in [4.78, 5) is 29.5. The van der Waals surface area contributed by atoms with Gasteiger partial charge in [-0.15, -0.1) is 0 Å². The molecular formula is C36H35N3O4. The summed E-state index contributed by atoms with van der Waals surface area (Å²) >= 11 is 0. The zero-order chi connectivity index (χ0) is 29.6. The Labute approximate surface area is 251 Å². The number of Topliss-reactive ketones (excluding diaryl/α,β-unsaturated/α-hetero) is 1. The predicted molar refractivity (Wildman–Crippen MR) is 169 cm³/mol. The Bertz CT molecular complexity index is 1760. The SMILES string of the molecule is Nc1cc(C(=O)CNC(=O)c2ccccc2CCOc2ccc3c4c([nH]c3c2)CCCC4)ccc1OCc1ccccc1.